The van der Waals surface area contributed by atoms with Crippen LogP contribution in [0, 0.1) is 5.92 Å². The molecule has 0 aliphatic rings. The van der Waals surface area contributed by atoms with Gasteiger partial charge in [0.15, 0.2) is 0 Å². The molecule has 2 N–H and O–H groups in total. The Morgan fingerprint density at radius 3 is 2.18 bits per heavy atom. The average molecular weight is 242 g/mol. The third-order valence-electron chi connectivity index (χ3n) is 2.61. The third kappa shape index (κ3) is 11.7. The molecule has 0 heterocycles. The lowest BCUT2D eigenvalue weighted by Crippen LogP contribution is -2.45. The maximum atomic E-state index is 11.6. The minimum atomic E-state index is -0.00177. The minimum absolute atomic E-state index is 0.00177. The fourth-order valence-electron chi connectivity index (χ4n) is 1.58. The topological polar surface area (TPSA) is 41.1 Å². The lowest BCUT2D eigenvalue weighted by atomic mass is 10.0. The monoisotopic (exact) mass is 242 g/mol. The second kappa shape index (κ2) is 7.70. The van der Waals surface area contributed by atoms with E-state index in [-0.39, 0.29) is 17.5 Å². The molecule has 1 unspecified atom stereocenters. The predicted molar refractivity (Wildman–Crippen MR) is 74.0 cm³/mol. The van der Waals surface area contributed by atoms with Crippen molar-refractivity contribution in [3.05, 3.63) is 0 Å². The van der Waals surface area contributed by atoms with Gasteiger partial charge in [0.1, 0.15) is 0 Å². The molecule has 102 valence electrons. The first-order valence-electron chi connectivity index (χ1n) is 6.75. The number of amides is 1. The zero-order valence-corrected chi connectivity index (χ0v) is 12.4. The van der Waals surface area contributed by atoms with Crippen LogP contribution in [0.4, 0.5) is 0 Å². The summed E-state index contributed by atoms with van der Waals surface area (Å²) in [5.74, 6) is 0.845. The van der Waals surface area contributed by atoms with Gasteiger partial charge in [-0.2, -0.15) is 0 Å². The van der Waals surface area contributed by atoms with Gasteiger partial charge in [0, 0.05) is 11.6 Å². The van der Waals surface area contributed by atoms with Crippen LogP contribution >= 0.6 is 0 Å². The van der Waals surface area contributed by atoms with Crippen molar-refractivity contribution in [1.29, 1.82) is 0 Å². The Morgan fingerprint density at radius 1 is 1.12 bits per heavy atom. The van der Waals surface area contributed by atoms with Gasteiger partial charge in [-0.1, -0.05) is 26.7 Å². The Kier molecular flexibility index (Phi) is 7.44. The molecule has 0 saturated carbocycles. The first-order valence-corrected chi connectivity index (χ1v) is 6.75. The summed E-state index contributed by atoms with van der Waals surface area (Å²) in [5.41, 5.74) is -0.00177. The van der Waals surface area contributed by atoms with Crippen LogP contribution in [0.25, 0.3) is 0 Å². The van der Waals surface area contributed by atoms with Crippen molar-refractivity contribution >= 4 is 5.91 Å². The fraction of sp³-hybridized carbons (Fsp3) is 0.929. The second-order valence-electron chi connectivity index (χ2n) is 6.40. The van der Waals surface area contributed by atoms with Crippen LogP contribution in [0.5, 0.6) is 0 Å². The molecule has 0 saturated heterocycles. The zero-order valence-electron chi connectivity index (χ0n) is 12.4. The maximum absolute atomic E-state index is 11.6. The van der Waals surface area contributed by atoms with Gasteiger partial charge >= 0.3 is 0 Å². The Morgan fingerprint density at radius 2 is 1.71 bits per heavy atom. The van der Waals surface area contributed by atoms with E-state index in [0.29, 0.717) is 6.54 Å². The van der Waals surface area contributed by atoms with Crippen molar-refractivity contribution < 1.29 is 4.79 Å². The van der Waals surface area contributed by atoms with E-state index in [2.05, 4.69) is 52.2 Å². The molecule has 17 heavy (non-hydrogen) atoms. The lowest BCUT2D eigenvalue weighted by Gasteiger charge is -2.21. The molecular formula is C14H30N2O. The number of hydrogen-bond acceptors (Lipinski definition) is 2. The highest BCUT2D eigenvalue weighted by molar-refractivity contribution is 5.78. The molecule has 1 atom stereocenters. The molecule has 3 heteroatoms. The first-order chi connectivity index (χ1) is 7.70. The van der Waals surface area contributed by atoms with Crippen LogP contribution in [0.15, 0.2) is 0 Å². The van der Waals surface area contributed by atoms with Gasteiger partial charge in [-0.3, -0.25) is 4.79 Å². The third-order valence-corrected chi connectivity index (χ3v) is 2.61. The highest BCUT2D eigenvalue weighted by Crippen LogP contribution is 2.08. The van der Waals surface area contributed by atoms with E-state index in [4.69, 9.17) is 0 Å². The Balaban J connectivity index is 3.66. The van der Waals surface area contributed by atoms with E-state index in [1.54, 1.807) is 0 Å². The van der Waals surface area contributed by atoms with Gasteiger partial charge in [0.25, 0.3) is 0 Å². The number of hydrogen-bond donors (Lipinski definition) is 2. The molecule has 0 aliphatic heterocycles. The molecule has 0 spiro atoms. The van der Waals surface area contributed by atoms with Gasteiger partial charge in [0.2, 0.25) is 5.91 Å². The van der Waals surface area contributed by atoms with Crippen LogP contribution in [0.1, 0.15) is 60.8 Å². The lowest BCUT2D eigenvalue weighted by molar-refractivity contribution is -0.121. The zero-order chi connectivity index (χ0) is 13.5. The van der Waals surface area contributed by atoms with Crippen molar-refractivity contribution in [2.75, 3.05) is 6.54 Å². The number of carbonyl (C=O) groups excluding carboxylic acids is 1. The van der Waals surface area contributed by atoms with E-state index in [1.165, 1.54) is 12.8 Å². The number of nitrogens with one attached hydrogen (secondary N) is 2. The van der Waals surface area contributed by atoms with E-state index in [0.717, 1.165) is 12.3 Å². The average Bonchev–Trinajstić information content (AvgIpc) is 2.13. The molecular weight excluding hydrogens is 212 g/mol. The maximum Gasteiger partial charge on any atom is 0.234 e. The Labute approximate surface area is 107 Å². The van der Waals surface area contributed by atoms with E-state index in [1.807, 2.05) is 0 Å². The van der Waals surface area contributed by atoms with E-state index >= 15 is 0 Å². The van der Waals surface area contributed by atoms with Gasteiger partial charge in [0.05, 0.1) is 6.54 Å². The second-order valence-corrected chi connectivity index (χ2v) is 6.40. The van der Waals surface area contributed by atoms with Crippen molar-refractivity contribution in [2.24, 2.45) is 5.92 Å². The molecule has 0 aromatic rings. The number of rotatable bonds is 7. The van der Waals surface area contributed by atoms with Gasteiger partial charge in [-0.25, -0.2) is 0 Å². The molecule has 0 fully saturated rings. The molecule has 0 aromatic heterocycles. The summed E-state index contributed by atoms with van der Waals surface area (Å²) in [6.07, 6.45) is 3.49. The molecule has 0 aliphatic carbocycles. The van der Waals surface area contributed by atoms with Crippen molar-refractivity contribution in [3.8, 4) is 0 Å². The van der Waals surface area contributed by atoms with Crippen molar-refractivity contribution in [3.63, 3.8) is 0 Å². The molecule has 0 radical (unpaired) electrons. The SMILES string of the molecule is CC(C)CCCC(C)NC(=O)CNC(C)(C)C. The van der Waals surface area contributed by atoms with Crippen LogP contribution in [-0.4, -0.2) is 24.0 Å². The highest BCUT2D eigenvalue weighted by Gasteiger charge is 2.12. The summed E-state index contributed by atoms with van der Waals surface area (Å²) in [5, 5.41) is 6.21. The normalized spacial score (nSPS) is 13.8. The predicted octanol–water partition coefficient (Wildman–Crippen LogP) is 2.71. The quantitative estimate of drug-likeness (QED) is 0.720. The first kappa shape index (κ1) is 16.4. The van der Waals surface area contributed by atoms with Gasteiger partial charge in [-0.05, 0) is 40.0 Å². The highest BCUT2D eigenvalue weighted by atomic mass is 16.1. The Hall–Kier alpha value is -0.570. The van der Waals surface area contributed by atoms with Crippen molar-refractivity contribution in [1.82, 2.24) is 10.6 Å². The smallest absolute Gasteiger partial charge is 0.234 e. The molecule has 0 aromatic carbocycles. The minimum Gasteiger partial charge on any atom is -0.353 e. The molecule has 1 amide bonds. The largest absolute Gasteiger partial charge is 0.353 e. The van der Waals surface area contributed by atoms with Crippen LogP contribution in [-0.2, 0) is 4.79 Å². The van der Waals surface area contributed by atoms with Gasteiger partial charge in [-0.15, -0.1) is 0 Å². The summed E-state index contributed by atoms with van der Waals surface area (Å²) >= 11 is 0. The summed E-state index contributed by atoms with van der Waals surface area (Å²) in [7, 11) is 0. The van der Waals surface area contributed by atoms with Crippen molar-refractivity contribution in [2.45, 2.75) is 72.4 Å². The Bertz CT molecular complexity index is 219. The van der Waals surface area contributed by atoms with Crippen LogP contribution in [0.2, 0.25) is 0 Å². The molecule has 0 bridgehead atoms. The molecule has 3 nitrogen and oxygen atoms in total. The van der Waals surface area contributed by atoms with E-state index < -0.39 is 0 Å². The van der Waals surface area contributed by atoms with Gasteiger partial charge < -0.3 is 10.6 Å². The molecule has 0 rings (SSSR count). The summed E-state index contributed by atoms with van der Waals surface area (Å²) in [6.45, 7) is 13.1. The fourth-order valence-corrected chi connectivity index (χ4v) is 1.58. The van der Waals surface area contributed by atoms with Crippen LogP contribution in [0.3, 0.4) is 0 Å². The summed E-state index contributed by atoms with van der Waals surface area (Å²) < 4.78 is 0. The van der Waals surface area contributed by atoms with E-state index in [9.17, 15) is 4.79 Å². The van der Waals surface area contributed by atoms with Crippen LogP contribution < -0.4 is 10.6 Å². The standard InChI is InChI=1S/C14H30N2O/c1-11(2)8-7-9-12(3)16-13(17)10-15-14(4,5)6/h11-12,15H,7-10H2,1-6H3,(H,16,17). The number of carbonyl (C=O) groups is 1. The summed E-state index contributed by atoms with van der Waals surface area (Å²) in [4.78, 5) is 11.6. The summed E-state index contributed by atoms with van der Waals surface area (Å²) in [6, 6.07) is 0.281.